The third-order valence-corrected chi connectivity index (χ3v) is 2.34. The van der Waals surface area contributed by atoms with Gasteiger partial charge in [0.15, 0.2) is 0 Å². The molecule has 0 aliphatic heterocycles. The molecule has 0 saturated carbocycles. The standard InChI is InChI=1S/C11H16ClNO/c1-11(14,8-13(2)3)9-4-6-10(12)7-5-9/h4-7,14H,8H2,1-3H3/t11-/m0/s1. The molecule has 1 aromatic rings. The number of hydrogen-bond acceptors (Lipinski definition) is 2. The summed E-state index contributed by atoms with van der Waals surface area (Å²) < 4.78 is 0. The Kier molecular flexibility index (Phi) is 3.53. The number of likely N-dealkylation sites (N-methyl/N-ethyl adjacent to an activating group) is 1. The monoisotopic (exact) mass is 213 g/mol. The Hall–Kier alpha value is -0.570. The highest BCUT2D eigenvalue weighted by Gasteiger charge is 2.23. The van der Waals surface area contributed by atoms with Crippen LogP contribution in [-0.2, 0) is 5.60 Å². The average Bonchev–Trinajstić information content (AvgIpc) is 2.02. The third kappa shape index (κ3) is 2.98. The molecular formula is C11H16ClNO. The summed E-state index contributed by atoms with van der Waals surface area (Å²) in [6, 6.07) is 7.29. The van der Waals surface area contributed by atoms with Crippen molar-refractivity contribution in [3.8, 4) is 0 Å². The third-order valence-electron chi connectivity index (χ3n) is 2.09. The Morgan fingerprint density at radius 2 is 1.79 bits per heavy atom. The van der Waals surface area contributed by atoms with Crippen LogP contribution in [0.2, 0.25) is 5.02 Å². The van der Waals surface area contributed by atoms with Gasteiger partial charge in [-0.2, -0.15) is 0 Å². The van der Waals surface area contributed by atoms with Gasteiger partial charge in [0.25, 0.3) is 0 Å². The van der Waals surface area contributed by atoms with Crippen LogP contribution < -0.4 is 0 Å². The molecule has 1 rings (SSSR count). The Morgan fingerprint density at radius 1 is 1.29 bits per heavy atom. The Labute approximate surface area is 90.1 Å². The number of benzene rings is 1. The minimum atomic E-state index is -0.825. The molecule has 0 amide bonds. The molecule has 0 aromatic heterocycles. The van der Waals surface area contributed by atoms with Gasteiger partial charge in [-0.05, 0) is 38.7 Å². The van der Waals surface area contributed by atoms with E-state index in [4.69, 9.17) is 11.6 Å². The van der Waals surface area contributed by atoms with Gasteiger partial charge in [-0.25, -0.2) is 0 Å². The van der Waals surface area contributed by atoms with Gasteiger partial charge in [-0.1, -0.05) is 23.7 Å². The highest BCUT2D eigenvalue weighted by Crippen LogP contribution is 2.22. The summed E-state index contributed by atoms with van der Waals surface area (Å²) in [6.07, 6.45) is 0. The van der Waals surface area contributed by atoms with Crippen molar-refractivity contribution < 1.29 is 5.11 Å². The van der Waals surface area contributed by atoms with Crippen molar-refractivity contribution in [1.29, 1.82) is 0 Å². The maximum absolute atomic E-state index is 10.2. The summed E-state index contributed by atoms with van der Waals surface area (Å²) in [5.74, 6) is 0. The highest BCUT2D eigenvalue weighted by molar-refractivity contribution is 6.30. The van der Waals surface area contributed by atoms with Crippen LogP contribution in [-0.4, -0.2) is 30.6 Å². The molecule has 0 fully saturated rings. The lowest BCUT2D eigenvalue weighted by molar-refractivity contribution is 0.0300. The van der Waals surface area contributed by atoms with Crippen molar-refractivity contribution in [2.75, 3.05) is 20.6 Å². The van der Waals surface area contributed by atoms with Crippen molar-refractivity contribution in [3.63, 3.8) is 0 Å². The van der Waals surface area contributed by atoms with Gasteiger partial charge < -0.3 is 10.0 Å². The molecule has 3 heteroatoms. The predicted molar refractivity (Wildman–Crippen MR) is 59.6 cm³/mol. The van der Waals surface area contributed by atoms with E-state index in [1.54, 1.807) is 19.1 Å². The van der Waals surface area contributed by atoms with E-state index in [9.17, 15) is 5.11 Å². The normalized spacial score (nSPS) is 15.6. The topological polar surface area (TPSA) is 23.5 Å². The number of rotatable bonds is 3. The van der Waals surface area contributed by atoms with Gasteiger partial charge in [0.2, 0.25) is 0 Å². The second kappa shape index (κ2) is 4.30. The molecule has 1 aromatic carbocycles. The van der Waals surface area contributed by atoms with Crippen molar-refractivity contribution >= 4 is 11.6 Å². The molecule has 14 heavy (non-hydrogen) atoms. The molecule has 0 bridgehead atoms. The number of hydrogen-bond donors (Lipinski definition) is 1. The van der Waals surface area contributed by atoms with Crippen LogP contribution in [0, 0.1) is 0 Å². The molecule has 0 spiro atoms. The smallest absolute Gasteiger partial charge is 0.0994 e. The molecule has 1 atom stereocenters. The van der Waals surface area contributed by atoms with Crippen LogP contribution in [0.4, 0.5) is 0 Å². The van der Waals surface area contributed by atoms with E-state index >= 15 is 0 Å². The first-order valence-corrected chi connectivity index (χ1v) is 4.93. The molecule has 0 aliphatic rings. The fourth-order valence-corrected chi connectivity index (χ4v) is 1.64. The van der Waals surface area contributed by atoms with Crippen LogP contribution in [0.5, 0.6) is 0 Å². The molecule has 1 N–H and O–H groups in total. The first kappa shape index (κ1) is 11.5. The quantitative estimate of drug-likeness (QED) is 0.832. The lowest BCUT2D eigenvalue weighted by Gasteiger charge is -2.27. The molecular weight excluding hydrogens is 198 g/mol. The van der Waals surface area contributed by atoms with Crippen molar-refractivity contribution in [3.05, 3.63) is 34.9 Å². The lowest BCUT2D eigenvalue weighted by Crippen LogP contribution is -2.34. The van der Waals surface area contributed by atoms with E-state index in [1.807, 2.05) is 31.1 Å². The van der Waals surface area contributed by atoms with E-state index in [-0.39, 0.29) is 0 Å². The number of nitrogens with zero attached hydrogens (tertiary/aromatic N) is 1. The molecule has 0 unspecified atom stereocenters. The zero-order chi connectivity index (χ0) is 10.8. The summed E-state index contributed by atoms with van der Waals surface area (Å²) in [5.41, 5.74) is 0.0595. The van der Waals surface area contributed by atoms with Gasteiger partial charge in [0.1, 0.15) is 0 Å². The molecule has 0 radical (unpaired) electrons. The average molecular weight is 214 g/mol. The zero-order valence-corrected chi connectivity index (χ0v) is 9.54. The van der Waals surface area contributed by atoms with E-state index in [1.165, 1.54) is 0 Å². The van der Waals surface area contributed by atoms with Crippen molar-refractivity contribution in [2.45, 2.75) is 12.5 Å². The van der Waals surface area contributed by atoms with Crippen molar-refractivity contribution in [2.24, 2.45) is 0 Å². The minimum absolute atomic E-state index is 0.592. The zero-order valence-electron chi connectivity index (χ0n) is 8.79. The SMILES string of the molecule is CN(C)C[C@](C)(O)c1ccc(Cl)cc1. The van der Waals surface area contributed by atoms with E-state index < -0.39 is 5.60 Å². The molecule has 2 nitrogen and oxygen atoms in total. The summed E-state index contributed by atoms with van der Waals surface area (Å²) in [4.78, 5) is 1.95. The van der Waals surface area contributed by atoms with Gasteiger partial charge >= 0.3 is 0 Å². The summed E-state index contributed by atoms with van der Waals surface area (Å²) in [5, 5.41) is 10.9. The summed E-state index contributed by atoms with van der Waals surface area (Å²) in [6.45, 7) is 2.39. The molecule has 0 heterocycles. The van der Waals surface area contributed by atoms with Crippen LogP contribution in [0.1, 0.15) is 12.5 Å². The van der Waals surface area contributed by atoms with E-state index in [2.05, 4.69) is 0 Å². The first-order chi connectivity index (χ1) is 6.42. The van der Waals surface area contributed by atoms with Crippen LogP contribution in [0.15, 0.2) is 24.3 Å². The largest absolute Gasteiger partial charge is 0.384 e. The fraction of sp³-hybridized carbons (Fsp3) is 0.455. The Balaban J connectivity index is 2.86. The van der Waals surface area contributed by atoms with Crippen LogP contribution in [0.25, 0.3) is 0 Å². The maximum atomic E-state index is 10.2. The van der Waals surface area contributed by atoms with Gasteiger partial charge in [0.05, 0.1) is 5.60 Å². The van der Waals surface area contributed by atoms with Crippen molar-refractivity contribution in [1.82, 2.24) is 4.90 Å². The molecule has 78 valence electrons. The molecule has 0 aliphatic carbocycles. The Bertz CT molecular complexity index is 293. The van der Waals surface area contributed by atoms with E-state index in [0.717, 1.165) is 5.56 Å². The minimum Gasteiger partial charge on any atom is -0.384 e. The second-order valence-corrected chi connectivity index (χ2v) is 4.45. The summed E-state index contributed by atoms with van der Waals surface area (Å²) in [7, 11) is 3.87. The predicted octanol–water partition coefficient (Wildman–Crippen LogP) is 2.11. The maximum Gasteiger partial charge on any atom is 0.0994 e. The highest BCUT2D eigenvalue weighted by atomic mass is 35.5. The lowest BCUT2D eigenvalue weighted by atomic mass is 9.96. The van der Waals surface area contributed by atoms with E-state index in [0.29, 0.717) is 11.6 Å². The van der Waals surface area contributed by atoms with Crippen LogP contribution >= 0.6 is 11.6 Å². The van der Waals surface area contributed by atoms with Crippen LogP contribution in [0.3, 0.4) is 0 Å². The fourth-order valence-electron chi connectivity index (χ4n) is 1.52. The van der Waals surface area contributed by atoms with Gasteiger partial charge in [-0.3, -0.25) is 0 Å². The summed E-state index contributed by atoms with van der Waals surface area (Å²) >= 11 is 5.78. The number of aliphatic hydroxyl groups is 1. The molecule has 0 saturated heterocycles. The Morgan fingerprint density at radius 3 is 2.21 bits per heavy atom. The second-order valence-electron chi connectivity index (χ2n) is 4.02. The number of halogens is 1. The van der Waals surface area contributed by atoms with Gasteiger partial charge in [-0.15, -0.1) is 0 Å². The first-order valence-electron chi connectivity index (χ1n) is 4.55. The van der Waals surface area contributed by atoms with Gasteiger partial charge in [0, 0.05) is 11.6 Å².